The van der Waals surface area contributed by atoms with Crippen molar-refractivity contribution in [3.8, 4) is 0 Å². The number of anilines is 1. The van der Waals surface area contributed by atoms with E-state index in [1.165, 1.54) is 6.07 Å². The largest absolute Gasteiger partial charge is 0.456 e. The van der Waals surface area contributed by atoms with Gasteiger partial charge in [-0.3, -0.25) is 14.4 Å². The summed E-state index contributed by atoms with van der Waals surface area (Å²) in [7, 11) is 0. The maximum Gasteiger partial charge on any atom is 0.407 e. The fourth-order valence-electron chi connectivity index (χ4n) is 2.00. The van der Waals surface area contributed by atoms with Gasteiger partial charge in [-0.2, -0.15) is 0 Å². The molecule has 0 radical (unpaired) electrons. The van der Waals surface area contributed by atoms with Crippen LogP contribution in [0.1, 0.15) is 44.5 Å². The quantitative estimate of drug-likeness (QED) is 0.579. The fraction of sp³-hybridized carbons (Fsp3) is 0.474. The molecular weight excluding hydrogens is 366 g/mol. The average Bonchev–Trinajstić information content (AvgIpc) is 2.59. The second-order valence-electron chi connectivity index (χ2n) is 6.83. The average molecular weight is 393 g/mol. The Labute approximate surface area is 164 Å². The molecule has 0 unspecified atom stereocenters. The van der Waals surface area contributed by atoms with E-state index in [-0.39, 0.29) is 18.9 Å². The molecule has 0 saturated heterocycles. The first-order valence-electron chi connectivity index (χ1n) is 8.91. The summed E-state index contributed by atoms with van der Waals surface area (Å²) in [5.74, 6) is -1.42. The van der Waals surface area contributed by atoms with E-state index in [9.17, 15) is 19.2 Å². The topological polar surface area (TPSA) is 123 Å². The number of hydrogen-bond acceptors (Lipinski definition) is 6. The first-order chi connectivity index (χ1) is 13.1. The minimum absolute atomic E-state index is 0.0317. The number of benzene rings is 1. The van der Waals surface area contributed by atoms with Crippen molar-refractivity contribution in [1.29, 1.82) is 0 Å². The highest BCUT2D eigenvalue weighted by Crippen LogP contribution is 2.10. The molecule has 0 spiro atoms. The van der Waals surface area contributed by atoms with Crippen molar-refractivity contribution in [2.24, 2.45) is 0 Å². The maximum atomic E-state index is 11.9. The Morgan fingerprint density at radius 3 is 2.43 bits per heavy atom. The van der Waals surface area contributed by atoms with E-state index in [1.807, 2.05) is 0 Å². The molecule has 0 aliphatic rings. The number of rotatable bonds is 8. The zero-order chi connectivity index (χ0) is 21.2. The fourth-order valence-corrected chi connectivity index (χ4v) is 2.00. The number of alkyl carbamates (subject to hydrolysis) is 1. The smallest absolute Gasteiger partial charge is 0.407 e. The van der Waals surface area contributed by atoms with Gasteiger partial charge in [0.25, 0.3) is 11.8 Å². The summed E-state index contributed by atoms with van der Waals surface area (Å²) >= 11 is 0. The van der Waals surface area contributed by atoms with Crippen molar-refractivity contribution in [3.63, 3.8) is 0 Å². The lowest BCUT2D eigenvalue weighted by Gasteiger charge is -2.19. The first kappa shape index (κ1) is 22.9. The molecule has 3 N–H and O–H groups in total. The number of nitrogens with one attached hydrogen (secondary N) is 3. The molecule has 0 aliphatic heterocycles. The van der Waals surface area contributed by atoms with E-state index in [1.54, 1.807) is 45.9 Å². The lowest BCUT2D eigenvalue weighted by atomic mass is 10.2. The normalized spacial score (nSPS) is 10.6. The van der Waals surface area contributed by atoms with Gasteiger partial charge in [0.1, 0.15) is 5.60 Å². The minimum Gasteiger partial charge on any atom is -0.456 e. The SMILES string of the molecule is CCNC(=O)c1cccc(NC(=O)COC(=O)CCNC(=O)OC(C)(C)C)c1. The van der Waals surface area contributed by atoms with Crippen molar-refractivity contribution in [3.05, 3.63) is 29.8 Å². The molecule has 0 aliphatic carbocycles. The van der Waals surface area contributed by atoms with Crippen LogP contribution in [0.4, 0.5) is 10.5 Å². The van der Waals surface area contributed by atoms with Crippen LogP contribution in [0.2, 0.25) is 0 Å². The summed E-state index contributed by atoms with van der Waals surface area (Å²) in [6.45, 7) is 7.04. The van der Waals surface area contributed by atoms with E-state index >= 15 is 0 Å². The third-order valence-electron chi connectivity index (χ3n) is 3.11. The van der Waals surface area contributed by atoms with Crippen LogP contribution in [0.15, 0.2) is 24.3 Å². The Balaban J connectivity index is 2.34. The van der Waals surface area contributed by atoms with Crippen LogP contribution in [0.5, 0.6) is 0 Å². The number of carbonyl (C=O) groups is 4. The number of esters is 1. The Kier molecular flexibility index (Phi) is 8.94. The lowest BCUT2D eigenvalue weighted by Crippen LogP contribution is -2.34. The summed E-state index contributed by atoms with van der Waals surface area (Å²) < 4.78 is 9.88. The van der Waals surface area contributed by atoms with Crippen molar-refractivity contribution < 1.29 is 28.7 Å². The summed E-state index contributed by atoms with van der Waals surface area (Å²) in [6.07, 6.45) is -0.732. The van der Waals surface area contributed by atoms with Crippen molar-refractivity contribution in [2.45, 2.75) is 39.7 Å². The zero-order valence-corrected chi connectivity index (χ0v) is 16.6. The van der Waals surface area contributed by atoms with Gasteiger partial charge in [-0.15, -0.1) is 0 Å². The van der Waals surface area contributed by atoms with E-state index < -0.39 is 30.2 Å². The third kappa shape index (κ3) is 9.56. The standard InChI is InChI=1S/C19H27N3O6/c1-5-20-17(25)13-7-6-8-14(11-13)22-15(23)12-27-16(24)9-10-21-18(26)28-19(2,3)4/h6-8,11H,5,9-10,12H2,1-4H3,(H,20,25)(H,21,26)(H,22,23). The van der Waals surface area contributed by atoms with Crippen molar-refractivity contribution in [1.82, 2.24) is 10.6 Å². The third-order valence-corrected chi connectivity index (χ3v) is 3.11. The lowest BCUT2D eigenvalue weighted by molar-refractivity contribution is -0.147. The van der Waals surface area contributed by atoms with Crippen LogP contribution in [0.3, 0.4) is 0 Å². The summed E-state index contributed by atoms with van der Waals surface area (Å²) in [6, 6.07) is 6.40. The maximum absolute atomic E-state index is 11.9. The molecule has 0 fully saturated rings. The Morgan fingerprint density at radius 1 is 1.07 bits per heavy atom. The van der Waals surface area contributed by atoms with E-state index in [0.717, 1.165) is 0 Å². The predicted octanol–water partition coefficient (Wildman–Crippen LogP) is 1.83. The second-order valence-corrected chi connectivity index (χ2v) is 6.83. The van der Waals surface area contributed by atoms with Gasteiger partial charge in [-0.05, 0) is 45.9 Å². The van der Waals surface area contributed by atoms with Crippen LogP contribution in [-0.4, -0.2) is 49.2 Å². The second kappa shape index (κ2) is 10.9. The zero-order valence-electron chi connectivity index (χ0n) is 16.6. The molecule has 9 heteroatoms. The molecule has 1 aromatic carbocycles. The molecule has 0 aromatic heterocycles. The van der Waals surface area contributed by atoms with Gasteiger partial charge in [-0.1, -0.05) is 6.07 Å². The van der Waals surface area contributed by atoms with E-state index in [0.29, 0.717) is 17.8 Å². The van der Waals surface area contributed by atoms with Gasteiger partial charge in [0.05, 0.1) is 6.42 Å². The van der Waals surface area contributed by atoms with Crippen LogP contribution in [0.25, 0.3) is 0 Å². The summed E-state index contributed by atoms with van der Waals surface area (Å²) in [4.78, 5) is 46.8. The molecule has 154 valence electrons. The van der Waals surface area contributed by atoms with Gasteiger partial charge in [-0.25, -0.2) is 4.79 Å². The van der Waals surface area contributed by atoms with Gasteiger partial charge in [0, 0.05) is 24.3 Å². The van der Waals surface area contributed by atoms with Crippen LogP contribution < -0.4 is 16.0 Å². The Morgan fingerprint density at radius 2 is 1.79 bits per heavy atom. The monoisotopic (exact) mass is 393 g/mol. The first-order valence-corrected chi connectivity index (χ1v) is 8.91. The number of ether oxygens (including phenoxy) is 2. The molecule has 0 saturated carbocycles. The van der Waals surface area contributed by atoms with Gasteiger partial charge in [0.15, 0.2) is 6.61 Å². The molecule has 3 amide bonds. The van der Waals surface area contributed by atoms with Crippen molar-refractivity contribution in [2.75, 3.05) is 25.0 Å². The number of carbonyl (C=O) groups excluding carboxylic acids is 4. The molecule has 1 rings (SSSR count). The van der Waals surface area contributed by atoms with E-state index in [4.69, 9.17) is 9.47 Å². The Hall–Kier alpha value is -3.10. The van der Waals surface area contributed by atoms with Crippen LogP contribution in [-0.2, 0) is 19.1 Å². The highest BCUT2D eigenvalue weighted by Gasteiger charge is 2.16. The Bertz CT molecular complexity index is 712. The molecular formula is C19H27N3O6. The number of amides is 3. The van der Waals surface area contributed by atoms with Crippen LogP contribution >= 0.6 is 0 Å². The van der Waals surface area contributed by atoms with Crippen LogP contribution in [0, 0.1) is 0 Å². The molecule has 1 aromatic rings. The molecule has 9 nitrogen and oxygen atoms in total. The van der Waals surface area contributed by atoms with Gasteiger partial charge < -0.3 is 25.4 Å². The molecule has 0 bridgehead atoms. The highest BCUT2D eigenvalue weighted by molar-refractivity contribution is 5.97. The van der Waals surface area contributed by atoms with Gasteiger partial charge >= 0.3 is 12.1 Å². The highest BCUT2D eigenvalue weighted by atomic mass is 16.6. The molecule has 0 heterocycles. The van der Waals surface area contributed by atoms with Gasteiger partial charge in [0.2, 0.25) is 0 Å². The minimum atomic E-state index is -0.637. The molecule has 28 heavy (non-hydrogen) atoms. The van der Waals surface area contributed by atoms with E-state index in [2.05, 4.69) is 16.0 Å². The summed E-state index contributed by atoms with van der Waals surface area (Å²) in [5.41, 5.74) is 0.193. The summed E-state index contributed by atoms with van der Waals surface area (Å²) in [5, 5.41) is 7.64. The number of hydrogen-bond donors (Lipinski definition) is 3. The predicted molar refractivity (Wildman–Crippen MR) is 103 cm³/mol. The molecule has 0 atom stereocenters. The van der Waals surface area contributed by atoms with Crippen molar-refractivity contribution >= 4 is 29.6 Å².